The highest BCUT2D eigenvalue weighted by atomic mass is 16.7. The number of carbonyl (C=O) groups excluding carboxylic acids is 2. The van der Waals surface area contributed by atoms with Crippen molar-refractivity contribution in [3.05, 3.63) is 23.7 Å². The van der Waals surface area contributed by atoms with E-state index in [9.17, 15) is 9.59 Å². The first-order valence-electron chi connectivity index (χ1n) is 12.2. The number of hydrogen-bond acceptors (Lipinski definition) is 6. The number of nitrogens with one attached hydrogen (secondary N) is 1. The SMILES string of the molecule is C/C(=C\C[C@@H]1O[C@H](C)[C@H](NC(=O)/C=C\[C@H](C)OC(=O)N(C)C)C[C@@H]1C)B1OC(C)(C)C(C)(C)O1. The van der Waals surface area contributed by atoms with Crippen molar-refractivity contribution < 1.29 is 28.4 Å². The Morgan fingerprint density at radius 1 is 1.18 bits per heavy atom. The van der Waals surface area contributed by atoms with E-state index in [0.29, 0.717) is 0 Å². The van der Waals surface area contributed by atoms with Crippen molar-refractivity contribution in [3.63, 3.8) is 0 Å². The largest absolute Gasteiger partial charge is 0.489 e. The number of amides is 2. The van der Waals surface area contributed by atoms with Gasteiger partial charge in [0.15, 0.2) is 0 Å². The van der Waals surface area contributed by atoms with Crippen LogP contribution in [-0.2, 0) is 23.6 Å². The van der Waals surface area contributed by atoms with Crippen LogP contribution in [0.25, 0.3) is 0 Å². The molecule has 34 heavy (non-hydrogen) atoms. The van der Waals surface area contributed by atoms with Gasteiger partial charge >= 0.3 is 13.2 Å². The van der Waals surface area contributed by atoms with Gasteiger partial charge in [-0.3, -0.25) is 4.79 Å². The molecule has 0 aromatic carbocycles. The first-order chi connectivity index (χ1) is 15.6. The van der Waals surface area contributed by atoms with Gasteiger partial charge in [-0.1, -0.05) is 13.0 Å². The Morgan fingerprint density at radius 3 is 2.32 bits per heavy atom. The number of nitrogens with zero attached hydrogens (tertiary/aromatic N) is 1. The van der Waals surface area contributed by atoms with Crippen LogP contribution in [0.15, 0.2) is 23.7 Å². The van der Waals surface area contributed by atoms with Crippen molar-refractivity contribution in [1.82, 2.24) is 10.2 Å². The summed E-state index contributed by atoms with van der Waals surface area (Å²) in [5.74, 6) is 0.0446. The molecule has 2 rings (SSSR count). The summed E-state index contributed by atoms with van der Waals surface area (Å²) < 4.78 is 23.7. The number of carbonyl (C=O) groups is 2. The van der Waals surface area contributed by atoms with Gasteiger partial charge in [0.05, 0.1) is 29.5 Å². The standard InChI is InChI=1S/C25H43BN2O6/c1-16-15-20(27-22(29)14-12-18(3)31-23(30)28(9)10)19(4)32-21(16)13-11-17(2)26-33-24(5,6)25(7,8)34-26/h11-12,14,16,18-21H,13,15H2,1-10H3,(H,27,29)/b14-12-,17-11+/t16-,18-,19+,20+,21-/m0/s1. The summed E-state index contributed by atoms with van der Waals surface area (Å²) in [6.45, 7) is 16.1. The molecule has 2 fully saturated rings. The summed E-state index contributed by atoms with van der Waals surface area (Å²) in [7, 11) is 2.87. The zero-order valence-corrected chi connectivity index (χ0v) is 22.5. The lowest BCUT2D eigenvalue weighted by Crippen LogP contribution is -2.50. The summed E-state index contributed by atoms with van der Waals surface area (Å²) in [5, 5.41) is 3.02. The van der Waals surface area contributed by atoms with E-state index in [1.807, 2.05) is 13.8 Å². The van der Waals surface area contributed by atoms with Crippen LogP contribution in [-0.4, -0.2) is 73.7 Å². The Labute approximate surface area is 205 Å². The zero-order chi connectivity index (χ0) is 25.8. The van der Waals surface area contributed by atoms with Crippen molar-refractivity contribution in [2.75, 3.05) is 14.1 Å². The maximum Gasteiger partial charge on any atom is 0.489 e. The number of hydrogen-bond donors (Lipinski definition) is 1. The minimum atomic E-state index is -0.497. The van der Waals surface area contributed by atoms with Gasteiger partial charge in [0, 0.05) is 20.2 Å². The van der Waals surface area contributed by atoms with Crippen LogP contribution < -0.4 is 5.32 Å². The summed E-state index contributed by atoms with van der Waals surface area (Å²) in [5.41, 5.74) is 0.329. The van der Waals surface area contributed by atoms with Crippen LogP contribution in [0.1, 0.15) is 68.2 Å². The summed E-state index contributed by atoms with van der Waals surface area (Å²) in [6.07, 6.45) is 5.70. The molecule has 0 saturated carbocycles. The van der Waals surface area contributed by atoms with Crippen molar-refractivity contribution in [3.8, 4) is 0 Å². The topological polar surface area (TPSA) is 86.3 Å². The van der Waals surface area contributed by atoms with Gasteiger partial charge in [0.2, 0.25) is 5.91 Å². The highest BCUT2D eigenvalue weighted by Crippen LogP contribution is 2.38. The molecule has 0 aromatic heterocycles. The summed E-state index contributed by atoms with van der Waals surface area (Å²) >= 11 is 0. The second kappa shape index (κ2) is 11.3. The van der Waals surface area contributed by atoms with Crippen molar-refractivity contribution >= 4 is 19.1 Å². The fraction of sp³-hybridized carbons (Fsp3) is 0.760. The molecule has 2 aliphatic rings. The lowest BCUT2D eigenvalue weighted by Gasteiger charge is -2.39. The van der Waals surface area contributed by atoms with E-state index < -0.39 is 12.2 Å². The molecule has 0 aliphatic carbocycles. The van der Waals surface area contributed by atoms with Crippen LogP contribution in [0.5, 0.6) is 0 Å². The Hall–Kier alpha value is -1.84. The van der Waals surface area contributed by atoms with E-state index >= 15 is 0 Å². The third-order valence-electron chi connectivity index (χ3n) is 7.01. The minimum absolute atomic E-state index is 0.0570. The molecule has 9 heteroatoms. The molecule has 0 radical (unpaired) electrons. The van der Waals surface area contributed by atoms with Crippen LogP contribution in [0, 0.1) is 5.92 Å². The van der Waals surface area contributed by atoms with Crippen molar-refractivity contribution in [1.29, 1.82) is 0 Å². The average molecular weight is 478 g/mol. The predicted octanol–water partition coefficient (Wildman–Crippen LogP) is 3.90. The molecule has 0 aromatic rings. The van der Waals surface area contributed by atoms with Crippen LogP contribution in [0.4, 0.5) is 4.79 Å². The molecule has 0 bridgehead atoms. The molecular formula is C25H43BN2O6. The Bertz CT molecular complexity index is 778. The number of ether oxygens (including phenoxy) is 2. The fourth-order valence-electron chi connectivity index (χ4n) is 3.90. The predicted molar refractivity (Wildman–Crippen MR) is 133 cm³/mol. The highest BCUT2D eigenvalue weighted by Gasteiger charge is 2.51. The first kappa shape index (κ1) is 28.4. The van der Waals surface area contributed by atoms with Crippen molar-refractivity contribution in [2.24, 2.45) is 5.92 Å². The average Bonchev–Trinajstić information content (AvgIpc) is 2.94. The van der Waals surface area contributed by atoms with E-state index in [0.717, 1.165) is 18.3 Å². The Morgan fingerprint density at radius 2 is 1.76 bits per heavy atom. The molecule has 2 saturated heterocycles. The van der Waals surface area contributed by atoms with Gasteiger partial charge in [-0.25, -0.2) is 4.79 Å². The second-order valence-electron chi connectivity index (χ2n) is 10.8. The monoisotopic (exact) mass is 478 g/mol. The van der Waals surface area contributed by atoms with Crippen LogP contribution >= 0.6 is 0 Å². The molecule has 2 aliphatic heterocycles. The maximum absolute atomic E-state index is 12.4. The molecule has 192 valence electrons. The van der Waals surface area contributed by atoms with Gasteiger partial charge in [0.25, 0.3) is 0 Å². The van der Waals surface area contributed by atoms with E-state index in [1.165, 1.54) is 11.0 Å². The first-order valence-corrected chi connectivity index (χ1v) is 12.2. The van der Waals surface area contributed by atoms with Crippen LogP contribution in [0.3, 0.4) is 0 Å². The number of allylic oxidation sites excluding steroid dienone is 1. The van der Waals surface area contributed by atoms with E-state index in [1.54, 1.807) is 27.1 Å². The molecule has 2 amide bonds. The quantitative estimate of drug-likeness (QED) is 0.441. The normalized spacial score (nSPS) is 29.7. The van der Waals surface area contributed by atoms with Gasteiger partial charge in [-0.2, -0.15) is 0 Å². The lowest BCUT2D eigenvalue weighted by molar-refractivity contribution is -0.123. The third kappa shape index (κ3) is 7.33. The fourth-order valence-corrected chi connectivity index (χ4v) is 3.90. The van der Waals surface area contributed by atoms with Gasteiger partial charge in [0.1, 0.15) is 6.10 Å². The second-order valence-corrected chi connectivity index (χ2v) is 10.8. The smallest absolute Gasteiger partial charge is 0.442 e. The Kier molecular flexibility index (Phi) is 9.41. The summed E-state index contributed by atoms with van der Waals surface area (Å²) in [6, 6.07) is -0.0868. The van der Waals surface area contributed by atoms with Crippen molar-refractivity contribution in [2.45, 2.75) is 104 Å². The molecule has 0 spiro atoms. The number of rotatable bonds is 7. The van der Waals surface area contributed by atoms with Gasteiger partial charge < -0.3 is 29.0 Å². The molecule has 2 heterocycles. The molecular weight excluding hydrogens is 435 g/mol. The van der Waals surface area contributed by atoms with E-state index in [2.05, 4.69) is 46.0 Å². The molecule has 8 nitrogen and oxygen atoms in total. The van der Waals surface area contributed by atoms with E-state index in [4.69, 9.17) is 18.8 Å². The van der Waals surface area contributed by atoms with Gasteiger partial charge in [-0.05, 0) is 78.8 Å². The zero-order valence-electron chi connectivity index (χ0n) is 22.5. The maximum atomic E-state index is 12.4. The Balaban J connectivity index is 1.86. The molecule has 1 N–H and O–H groups in total. The summed E-state index contributed by atoms with van der Waals surface area (Å²) in [4.78, 5) is 25.3. The molecule has 5 atom stereocenters. The third-order valence-corrected chi connectivity index (χ3v) is 7.01. The highest BCUT2D eigenvalue weighted by molar-refractivity contribution is 6.54. The van der Waals surface area contributed by atoms with Crippen LogP contribution in [0.2, 0.25) is 0 Å². The van der Waals surface area contributed by atoms with Gasteiger partial charge in [-0.15, -0.1) is 0 Å². The minimum Gasteiger partial charge on any atom is -0.442 e. The molecule has 0 unspecified atom stereocenters. The van der Waals surface area contributed by atoms with E-state index in [-0.39, 0.29) is 48.4 Å². The lowest BCUT2D eigenvalue weighted by atomic mass is 9.78.